The lowest BCUT2D eigenvalue weighted by atomic mass is 9.44. The third kappa shape index (κ3) is 9.44. The maximum absolute atomic E-state index is 16.3. The van der Waals surface area contributed by atoms with E-state index in [1.54, 1.807) is 54.6 Å². The van der Waals surface area contributed by atoms with Crippen LogP contribution >= 0.6 is 0 Å². The van der Waals surface area contributed by atoms with Gasteiger partial charge >= 0.3 is 29.8 Å². The van der Waals surface area contributed by atoms with Gasteiger partial charge in [-0.05, 0) is 72.5 Å². The molecule has 3 fully saturated rings. The summed E-state index contributed by atoms with van der Waals surface area (Å²) in [7, 11) is 0. The molecule has 4 aromatic rings. The smallest absolute Gasteiger partial charge is 0.345 e. The van der Waals surface area contributed by atoms with E-state index in [1.807, 2.05) is 0 Å². The fourth-order valence-corrected chi connectivity index (χ4v) is 11.5. The molecule has 3 aliphatic carbocycles. The molecule has 8 rings (SSSR count). The molecule has 1 heterocycles. The molecule has 4 aliphatic rings. The zero-order valence-electron chi connectivity index (χ0n) is 41.9. The number of ether oxygens (including phenoxy) is 6. The Hall–Kier alpha value is -8.30. The van der Waals surface area contributed by atoms with Crippen LogP contribution < -0.4 is 5.32 Å². The number of carbonyl (C=O) groups is 7. The molecule has 1 aliphatic heterocycles. The number of azide groups is 1. The molecule has 22 heteroatoms. The van der Waals surface area contributed by atoms with E-state index < -0.39 is 148 Å². The highest BCUT2D eigenvalue weighted by Crippen LogP contribution is 2.65. The second-order valence-corrected chi connectivity index (χ2v) is 19.9. The van der Waals surface area contributed by atoms with Crippen molar-refractivity contribution in [3.63, 3.8) is 0 Å². The first-order valence-electron chi connectivity index (χ1n) is 24.1. The molecule has 0 unspecified atom stereocenters. The quantitative estimate of drug-likeness (QED) is 0.0178. The molecule has 2 bridgehead atoms. The van der Waals surface area contributed by atoms with Crippen molar-refractivity contribution in [3.8, 4) is 0 Å². The zero-order valence-corrected chi connectivity index (χ0v) is 41.9. The van der Waals surface area contributed by atoms with E-state index in [4.69, 9.17) is 34.0 Å². The molecular weight excluding hydrogens is 991 g/mol. The number of amides is 1. The van der Waals surface area contributed by atoms with Crippen molar-refractivity contribution in [2.24, 2.45) is 21.9 Å². The van der Waals surface area contributed by atoms with Gasteiger partial charge in [0.15, 0.2) is 23.6 Å². The second kappa shape index (κ2) is 20.8. The van der Waals surface area contributed by atoms with Crippen molar-refractivity contribution < 1.29 is 77.1 Å². The zero-order chi connectivity index (χ0) is 55.1. The number of esters is 5. The number of nitrogens with one attached hydrogen (secondary N) is 1. The summed E-state index contributed by atoms with van der Waals surface area (Å²) in [5.41, 5.74) is -1.15. The summed E-state index contributed by atoms with van der Waals surface area (Å²) in [6.07, 6.45) is -12.2. The van der Waals surface area contributed by atoms with E-state index in [0.29, 0.717) is 5.56 Å². The van der Waals surface area contributed by atoms with E-state index in [2.05, 4.69) is 15.3 Å². The van der Waals surface area contributed by atoms with Crippen LogP contribution in [0.5, 0.6) is 0 Å². The van der Waals surface area contributed by atoms with Crippen LogP contribution in [0.25, 0.3) is 10.4 Å². The van der Waals surface area contributed by atoms with Gasteiger partial charge in [0.25, 0.3) is 11.6 Å². The summed E-state index contributed by atoms with van der Waals surface area (Å²) in [6, 6.07) is 25.0. The lowest BCUT2D eigenvalue weighted by Crippen LogP contribution is -2.82. The van der Waals surface area contributed by atoms with Crippen LogP contribution in [-0.2, 0) is 47.6 Å². The maximum atomic E-state index is 16.3. The van der Waals surface area contributed by atoms with Crippen LogP contribution in [0.15, 0.2) is 125 Å². The Kier molecular flexibility index (Phi) is 14.8. The molecule has 396 valence electrons. The number of benzene rings is 4. The summed E-state index contributed by atoms with van der Waals surface area (Å²) in [4.78, 5) is 115. The minimum atomic E-state index is -2.62. The lowest BCUT2D eigenvalue weighted by molar-refractivity contribution is -0.385. The Balaban J connectivity index is 1.33. The van der Waals surface area contributed by atoms with Gasteiger partial charge in [-0.2, -0.15) is 0 Å². The molecule has 1 amide bonds. The van der Waals surface area contributed by atoms with E-state index in [0.717, 1.165) is 32.0 Å². The van der Waals surface area contributed by atoms with E-state index >= 15 is 4.79 Å². The number of hydrogen-bond donors (Lipinski definition) is 3. The number of nitro benzene ring substituents is 1. The summed E-state index contributed by atoms with van der Waals surface area (Å²) in [5, 5.41) is 44.5. The molecule has 11 atom stereocenters. The van der Waals surface area contributed by atoms with Crippen LogP contribution in [0.4, 0.5) is 11.4 Å². The molecule has 0 aromatic heterocycles. The van der Waals surface area contributed by atoms with Gasteiger partial charge in [-0.1, -0.05) is 85.7 Å². The highest BCUT2D eigenvalue weighted by atomic mass is 16.6. The summed E-state index contributed by atoms with van der Waals surface area (Å²) in [6.45, 7) is 7.23. The fraction of sp³-hybridized carbons (Fsp3) is 0.389. The monoisotopic (exact) mass is 1040 g/mol. The minimum absolute atomic E-state index is 0.0315. The van der Waals surface area contributed by atoms with Crippen molar-refractivity contribution in [3.05, 3.63) is 163 Å². The van der Waals surface area contributed by atoms with Crippen LogP contribution in [-0.4, -0.2) is 111 Å². The van der Waals surface area contributed by atoms with Gasteiger partial charge in [-0.3, -0.25) is 29.3 Å². The van der Waals surface area contributed by atoms with E-state index in [9.17, 15) is 49.1 Å². The van der Waals surface area contributed by atoms with E-state index in [1.165, 1.54) is 64.1 Å². The number of nitrogens with zero attached hydrogens (tertiary/aromatic N) is 4. The molecule has 3 N–H and O–H groups in total. The largest absolute Gasteiger partial charge is 0.457 e. The normalized spacial score (nSPS) is 27.8. The summed E-state index contributed by atoms with van der Waals surface area (Å²) in [5.74, 6) is -9.32. The van der Waals surface area contributed by atoms with Crippen molar-refractivity contribution in [1.82, 2.24) is 5.32 Å². The van der Waals surface area contributed by atoms with Gasteiger partial charge in [0.1, 0.15) is 35.6 Å². The Morgan fingerprint density at radius 3 is 2.04 bits per heavy atom. The van der Waals surface area contributed by atoms with Gasteiger partial charge in [0, 0.05) is 54.3 Å². The first-order chi connectivity index (χ1) is 36.0. The molecule has 0 spiro atoms. The SMILES string of the molecule is CC(=O)O[C@H]1C(=O)[C@]2(C)[C@@H](OC(=O)c3cc(N=[N+]=[N-])ccc3[N+](=O)[O-])C[C@H]3OC[C@@]3(OC(C)=O)[C@H]2[C@H](OC(=O)c2ccccc2)[C@]2(O)C[C@H](OC(=O)[C@H](O)[C@@H](NC(=O)c3ccccc3)c3ccccc3)C(C)=C1C2(C)C. The first kappa shape index (κ1) is 54.0. The third-order valence-electron chi connectivity index (χ3n) is 15.3. The predicted molar refractivity (Wildman–Crippen MR) is 263 cm³/mol. The van der Waals surface area contributed by atoms with Crippen LogP contribution in [0.1, 0.15) is 97.1 Å². The number of ketones is 1. The molecule has 2 saturated carbocycles. The fourth-order valence-electron chi connectivity index (χ4n) is 11.5. The van der Waals surface area contributed by atoms with Crippen molar-refractivity contribution in [2.45, 2.75) is 108 Å². The Morgan fingerprint density at radius 1 is 0.855 bits per heavy atom. The first-order valence-corrected chi connectivity index (χ1v) is 24.1. The van der Waals surface area contributed by atoms with Gasteiger partial charge in [0.2, 0.25) is 0 Å². The number of carbonyl (C=O) groups excluding carboxylic acids is 7. The van der Waals surface area contributed by atoms with E-state index in [-0.39, 0.29) is 28.0 Å². The van der Waals surface area contributed by atoms with Crippen molar-refractivity contribution in [2.75, 3.05) is 6.61 Å². The lowest BCUT2D eigenvalue weighted by Gasteiger charge is -2.67. The number of fused-ring (bicyclic) bond motifs is 5. The minimum Gasteiger partial charge on any atom is -0.457 e. The van der Waals surface area contributed by atoms with Gasteiger partial charge in [-0.25, -0.2) is 14.4 Å². The van der Waals surface area contributed by atoms with Crippen molar-refractivity contribution in [1.29, 1.82) is 0 Å². The molecule has 1 saturated heterocycles. The second-order valence-electron chi connectivity index (χ2n) is 19.9. The van der Waals surface area contributed by atoms with Gasteiger partial charge in [-0.15, -0.1) is 0 Å². The number of rotatable bonds is 14. The highest BCUT2D eigenvalue weighted by molar-refractivity contribution is 5.98. The molecule has 76 heavy (non-hydrogen) atoms. The Morgan fingerprint density at radius 2 is 1.47 bits per heavy atom. The number of hydrogen-bond acceptors (Lipinski definition) is 18. The van der Waals surface area contributed by atoms with Gasteiger partial charge < -0.3 is 44.0 Å². The summed E-state index contributed by atoms with van der Waals surface area (Å²) >= 11 is 0. The number of aliphatic hydroxyl groups excluding tert-OH is 1. The molecule has 0 radical (unpaired) electrons. The standard InChI is InChI=1S/C54H53N5O17/c1-28-37(73-50(67)42(62)41(31-16-10-7-11-17-31)56-47(64)32-18-12-8-13-19-32)26-54(68)46(75-48(65)33-20-14-9-15-21-33)44-52(6,45(63)43(72-29(2)60)40(28)51(54,4)5)38(25-39-53(44,27-71-39)76-30(3)61)74-49(66)35-24-34(57-58-55)22-23-36(35)59(69)70/h7-24,37-39,41-44,46,62,68H,25-27H2,1-6H3,(H,56,64)/t37-,38-,39+,41-,42+,43+,44-,46-,52+,53-,54+/m0/s1. The highest BCUT2D eigenvalue weighted by Gasteiger charge is 2.79. The number of Topliss-reactive ketones (excluding diaryl/α,β-unsaturated/α-hetero) is 1. The average Bonchev–Trinajstić information content (AvgIpc) is 3.56. The van der Waals surface area contributed by atoms with Gasteiger partial charge in [0.05, 0.1) is 34.5 Å². The predicted octanol–water partition coefficient (Wildman–Crippen LogP) is 6.45. The summed E-state index contributed by atoms with van der Waals surface area (Å²) < 4.78 is 37.0. The average molecular weight is 1040 g/mol. The molecular formula is C54H53N5O17. The maximum Gasteiger partial charge on any atom is 0.345 e. The Bertz CT molecular complexity index is 3090. The van der Waals surface area contributed by atoms with Crippen molar-refractivity contribution >= 4 is 52.9 Å². The number of aliphatic hydroxyl groups is 2. The van der Waals surface area contributed by atoms with Crippen LogP contribution in [0.2, 0.25) is 0 Å². The van der Waals surface area contributed by atoms with Crippen LogP contribution in [0, 0.1) is 26.9 Å². The topological polar surface area (TPSA) is 319 Å². The Labute approximate surface area is 434 Å². The number of nitro groups is 1. The molecule has 4 aromatic carbocycles. The molecule has 22 nitrogen and oxygen atoms in total. The third-order valence-corrected chi connectivity index (χ3v) is 15.3. The van der Waals surface area contributed by atoms with Crippen LogP contribution in [0.3, 0.4) is 0 Å².